The molecule has 3 heterocycles. The molecule has 0 radical (unpaired) electrons. The fourth-order valence-electron chi connectivity index (χ4n) is 3.87. The molecule has 1 aromatic heterocycles. The van der Waals surface area contributed by atoms with Gasteiger partial charge >= 0.3 is 0 Å². The summed E-state index contributed by atoms with van der Waals surface area (Å²) >= 11 is 0. The van der Waals surface area contributed by atoms with Crippen molar-refractivity contribution in [2.24, 2.45) is 5.73 Å². The maximum atomic E-state index is 13.6. The number of carbonyl (C=O) groups is 1. The molecule has 4 rings (SSSR count). The predicted octanol–water partition coefficient (Wildman–Crippen LogP) is 2.38. The molecule has 2 N–H and O–H groups in total. The van der Waals surface area contributed by atoms with Crippen LogP contribution >= 0.6 is 0 Å². The molecule has 2 aliphatic heterocycles. The Morgan fingerprint density at radius 1 is 1.36 bits per heavy atom. The Labute approximate surface area is 128 Å². The Kier molecular flexibility index (Phi) is 3.11. The molecular formula is C17H18FN3O. The van der Waals surface area contributed by atoms with Crippen LogP contribution in [0.2, 0.25) is 0 Å². The van der Waals surface area contributed by atoms with Gasteiger partial charge in [-0.1, -0.05) is 6.42 Å². The summed E-state index contributed by atoms with van der Waals surface area (Å²) in [4.78, 5) is 19.1. The lowest BCUT2D eigenvalue weighted by Gasteiger charge is -2.40. The summed E-state index contributed by atoms with van der Waals surface area (Å²) in [6.45, 7) is 1.74. The highest BCUT2D eigenvalue weighted by Gasteiger charge is 2.32. The third-order valence-electron chi connectivity index (χ3n) is 4.92. The Bertz CT molecular complexity index is 774. The van der Waals surface area contributed by atoms with Crippen molar-refractivity contribution < 1.29 is 9.18 Å². The SMILES string of the molecule is NC(=O)c1c2c(nc3ccc(F)cc13)CC1CCCCN1C2. The maximum absolute atomic E-state index is 13.6. The lowest BCUT2D eigenvalue weighted by Crippen LogP contribution is -2.44. The monoisotopic (exact) mass is 299 g/mol. The molecule has 1 fully saturated rings. The van der Waals surface area contributed by atoms with Crippen molar-refractivity contribution in [2.45, 2.75) is 38.3 Å². The van der Waals surface area contributed by atoms with Crippen molar-refractivity contribution in [3.8, 4) is 0 Å². The van der Waals surface area contributed by atoms with Crippen LogP contribution < -0.4 is 5.73 Å². The van der Waals surface area contributed by atoms with Gasteiger partial charge in [0.05, 0.1) is 11.1 Å². The molecule has 4 nitrogen and oxygen atoms in total. The smallest absolute Gasteiger partial charge is 0.249 e. The molecule has 1 amide bonds. The van der Waals surface area contributed by atoms with Crippen molar-refractivity contribution in [1.29, 1.82) is 0 Å². The Balaban J connectivity index is 1.94. The van der Waals surface area contributed by atoms with Crippen LogP contribution in [-0.2, 0) is 13.0 Å². The van der Waals surface area contributed by atoms with Crippen LogP contribution in [0.3, 0.4) is 0 Å². The first-order chi connectivity index (χ1) is 10.6. The fraction of sp³-hybridized carbons (Fsp3) is 0.412. The van der Waals surface area contributed by atoms with E-state index in [0.29, 0.717) is 29.1 Å². The number of amides is 1. The molecule has 0 aliphatic carbocycles. The number of halogens is 1. The highest BCUT2D eigenvalue weighted by atomic mass is 19.1. The number of hydrogen-bond donors (Lipinski definition) is 1. The van der Waals surface area contributed by atoms with E-state index in [-0.39, 0.29) is 5.82 Å². The highest BCUT2D eigenvalue weighted by molar-refractivity contribution is 6.07. The molecule has 2 aromatic rings. The molecule has 114 valence electrons. The van der Waals surface area contributed by atoms with Gasteiger partial charge in [0.25, 0.3) is 0 Å². The first-order valence-corrected chi connectivity index (χ1v) is 7.78. The summed E-state index contributed by atoms with van der Waals surface area (Å²) in [6, 6.07) is 4.88. The van der Waals surface area contributed by atoms with E-state index in [0.717, 1.165) is 24.2 Å². The van der Waals surface area contributed by atoms with E-state index in [1.807, 2.05) is 0 Å². The maximum Gasteiger partial charge on any atom is 0.249 e. The van der Waals surface area contributed by atoms with Crippen LogP contribution in [0.1, 0.15) is 40.9 Å². The lowest BCUT2D eigenvalue weighted by molar-refractivity contribution is 0.0990. The van der Waals surface area contributed by atoms with Gasteiger partial charge in [-0.3, -0.25) is 14.7 Å². The molecule has 1 atom stereocenters. The van der Waals surface area contributed by atoms with Gasteiger partial charge in [-0.05, 0) is 37.6 Å². The number of nitrogens with two attached hydrogens (primary N) is 1. The number of piperidine rings is 1. The Morgan fingerprint density at radius 3 is 3.05 bits per heavy atom. The third-order valence-corrected chi connectivity index (χ3v) is 4.92. The topological polar surface area (TPSA) is 59.2 Å². The number of rotatable bonds is 1. The minimum atomic E-state index is -0.496. The van der Waals surface area contributed by atoms with Gasteiger partial charge in [0.1, 0.15) is 5.82 Å². The number of hydrogen-bond acceptors (Lipinski definition) is 3. The van der Waals surface area contributed by atoms with E-state index < -0.39 is 5.91 Å². The molecule has 5 heteroatoms. The molecule has 1 saturated heterocycles. The molecule has 0 saturated carbocycles. The first kappa shape index (κ1) is 13.6. The van der Waals surface area contributed by atoms with Crippen molar-refractivity contribution >= 4 is 16.8 Å². The van der Waals surface area contributed by atoms with Gasteiger partial charge in [0, 0.05) is 35.7 Å². The van der Waals surface area contributed by atoms with E-state index >= 15 is 0 Å². The van der Waals surface area contributed by atoms with Gasteiger partial charge in [-0.25, -0.2) is 4.39 Å². The highest BCUT2D eigenvalue weighted by Crippen LogP contribution is 2.33. The summed E-state index contributed by atoms with van der Waals surface area (Å²) in [5.74, 6) is -0.867. The van der Waals surface area contributed by atoms with Gasteiger partial charge in [0.2, 0.25) is 5.91 Å². The minimum Gasteiger partial charge on any atom is -0.366 e. The largest absolute Gasteiger partial charge is 0.366 e. The normalized spacial score (nSPS) is 21.4. The molecule has 0 bridgehead atoms. The number of pyridine rings is 1. The molecule has 1 aromatic carbocycles. The summed E-state index contributed by atoms with van der Waals surface area (Å²) in [5, 5.41) is 0.529. The van der Waals surface area contributed by atoms with Gasteiger partial charge in [-0.2, -0.15) is 0 Å². The van der Waals surface area contributed by atoms with Crippen molar-refractivity contribution in [3.05, 3.63) is 40.8 Å². The van der Waals surface area contributed by atoms with E-state index in [2.05, 4.69) is 9.88 Å². The van der Waals surface area contributed by atoms with Crippen LogP contribution in [0.25, 0.3) is 10.9 Å². The Hall–Kier alpha value is -2.01. The van der Waals surface area contributed by atoms with Crippen LogP contribution in [0.5, 0.6) is 0 Å². The summed E-state index contributed by atoms with van der Waals surface area (Å²) in [5.41, 5.74) is 8.56. The van der Waals surface area contributed by atoms with E-state index in [1.54, 1.807) is 6.07 Å². The lowest BCUT2D eigenvalue weighted by atomic mass is 9.88. The average Bonchev–Trinajstić information content (AvgIpc) is 2.50. The van der Waals surface area contributed by atoms with Gasteiger partial charge < -0.3 is 5.73 Å². The standard InChI is InChI=1S/C17H18FN3O/c18-10-4-5-14-12(7-10)16(17(19)22)13-9-21-6-2-1-3-11(21)8-15(13)20-14/h4-5,7,11H,1-3,6,8-9H2,(H2,19,22). The second-order valence-corrected chi connectivity index (χ2v) is 6.26. The second-order valence-electron chi connectivity index (χ2n) is 6.26. The van der Waals surface area contributed by atoms with Crippen LogP contribution in [0, 0.1) is 5.82 Å². The number of nitrogens with zero attached hydrogens (tertiary/aromatic N) is 2. The average molecular weight is 299 g/mol. The Morgan fingerprint density at radius 2 is 2.23 bits per heavy atom. The van der Waals surface area contributed by atoms with Crippen molar-refractivity contribution in [2.75, 3.05) is 6.54 Å². The number of benzene rings is 1. The van der Waals surface area contributed by atoms with Crippen LogP contribution in [0.15, 0.2) is 18.2 Å². The zero-order valence-electron chi connectivity index (χ0n) is 12.3. The summed E-state index contributed by atoms with van der Waals surface area (Å²) in [7, 11) is 0. The van der Waals surface area contributed by atoms with Gasteiger partial charge in [0.15, 0.2) is 0 Å². The summed E-state index contributed by atoms with van der Waals surface area (Å²) < 4.78 is 13.6. The zero-order valence-corrected chi connectivity index (χ0v) is 12.3. The number of carbonyl (C=O) groups excluding carboxylic acids is 1. The first-order valence-electron chi connectivity index (χ1n) is 7.78. The number of primary amides is 1. The van der Waals surface area contributed by atoms with Crippen LogP contribution in [0.4, 0.5) is 4.39 Å². The quantitative estimate of drug-likeness (QED) is 0.879. The van der Waals surface area contributed by atoms with E-state index in [4.69, 9.17) is 5.73 Å². The molecule has 1 unspecified atom stereocenters. The van der Waals surface area contributed by atoms with Crippen molar-refractivity contribution in [1.82, 2.24) is 9.88 Å². The molecular weight excluding hydrogens is 281 g/mol. The second kappa shape index (κ2) is 5.02. The fourth-order valence-corrected chi connectivity index (χ4v) is 3.87. The van der Waals surface area contributed by atoms with E-state index in [9.17, 15) is 9.18 Å². The van der Waals surface area contributed by atoms with Gasteiger partial charge in [-0.15, -0.1) is 0 Å². The predicted molar refractivity (Wildman–Crippen MR) is 82.0 cm³/mol. The summed E-state index contributed by atoms with van der Waals surface area (Å²) in [6.07, 6.45) is 4.46. The molecule has 0 spiro atoms. The molecule has 2 aliphatic rings. The minimum absolute atomic E-state index is 0.372. The number of fused-ring (bicyclic) bond motifs is 3. The zero-order chi connectivity index (χ0) is 15.3. The third kappa shape index (κ3) is 2.08. The number of aromatic nitrogens is 1. The van der Waals surface area contributed by atoms with E-state index in [1.165, 1.54) is 31.4 Å². The molecule has 22 heavy (non-hydrogen) atoms. The van der Waals surface area contributed by atoms with Crippen LogP contribution in [-0.4, -0.2) is 28.4 Å². The van der Waals surface area contributed by atoms with Crippen molar-refractivity contribution in [3.63, 3.8) is 0 Å².